The smallest absolute Gasteiger partial charge is 0.273 e. The van der Waals surface area contributed by atoms with E-state index >= 15 is 0 Å². The molecule has 0 atom stereocenters. The summed E-state index contributed by atoms with van der Waals surface area (Å²) in [6.45, 7) is 5.74. The van der Waals surface area contributed by atoms with E-state index in [2.05, 4.69) is 15.6 Å². The highest BCUT2D eigenvalue weighted by Crippen LogP contribution is 2.21. The Hall–Kier alpha value is -2.23. The van der Waals surface area contributed by atoms with E-state index in [1.807, 2.05) is 20.8 Å². The lowest BCUT2D eigenvalue weighted by molar-refractivity contribution is -0.121. The van der Waals surface area contributed by atoms with Gasteiger partial charge in [-0.1, -0.05) is 24.6 Å². The van der Waals surface area contributed by atoms with E-state index in [1.165, 1.54) is 23.5 Å². The molecular weight excluding hydrogens is 386 g/mol. The molecule has 0 spiro atoms. The molecule has 7 nitrogen and oxygen atoms in total. The van der Waals surface area contributed by atoms with Crippen molar-refractivity contribution >= 4 is 33.2 Å². The van der Waals surface area contributed by atoms with Gasteiger partial charge in [0.1, 0.15) is 0 Å². The second-order valence-corrected chi connectivity index (χ2v) is 8.94. The topological polar surface area (TPSA) is 104 Å². The van der Waals surface area contributed by atoms with E-state index in [9.17, 15) is 18.0 Å². The van der Waals surface area contributed by atoms with Crippen LogP contribution in [0.15, 0.2) is 35.2 Å². The maximum atomic E-state index is 12.1. The molecule has 0 unspecified atom stereocenters. The molecule has 146 valence electrons. The third-order valence-corrected chi connectivity index (χ3v) is 6.71. The first-order valence-electron chi connectivity index (χ1n) is 8.47. The van der Waals surface area contributed by atoms with Crippen LogP contribution in [0.5, 0.6) is 0 Å². The second-order valence-electron chi connectivity index (χ2n) is 6.03. The molecule has 1 heterocycles. The van der Waals surface area contributed by atoms with Crippen LogP contribution in [0.4, 0.5) is 0 Å². The maximum absolute atomic E-state index is 12.1. The van der Waals surface area contributed by atoms with E-state index in [0.717, 1.165) is 22.4 Å². The molecular formula is C18H23N3O4S2. The van der Waals surface area contributed by atoms with Crippen molar-refractivity contribution in [2.24, 2.45) is 0 Å². The predicted molar refractivity (Wildman–Crippen MR) is 105 cm³/mol. The summed E-state index contributed by atoms with van der Waals surface area (Å²) < 4.78 is 26.6. The number of carbonyl (C=O) groups is 2. The fourth-order valence-corrected chi connectivity index (χ4v) is 4.37. The van der Waals surface area contributed by atoms with Gasteiger partial charge >= 0.3 is 0 Å². The monoisotopic (exact) mass is 409 g/mol. The number of benzene rings is 1. The Labute approximate surface area is 163 Å². The molecule has 0 bridgehead atoms. The Morgan fingerprint density at radius 3 is 2.33 bits per heavy atom. The molecule has 3 N–H and O–H groups in total. The van der Waals surface area contributed by atoms with Crippen molar-refractivity contribution in [2.75, 3.05) is 6.54 Å². The average molecular weight is 410 g/mol. The molecule has 1 aromatic carbocycles. The van der Waals surface area contributed by atoms with Crippen LogP contribution in [-0.2, 0) is 21.2 Å². The Balaban J connectivity index is 1.78. The zero-order valence-corrected chi connectivity index (χ0v) is 17.1. The highest BCUT2D eigenvalue weighted by atomic mass is 32.2. The number of hydrogen-bond donors (Lipinski definition) is 3. The van der Waals surface area contributed by atoms with Crippen LogP contribution in [-0.4, -0.2) is 26.8 Å². The molecule has 0 aliphatic carbocycles. The summed E-state index contributed by atoms with van der Waals surface area (Å²) in [7, 11) is -3.67. The molecule has 0 fully saturated rings. The van der Waals surface area contributed by atoms with Gasteiger partial charge in [0.15, 0.2) is 0 Å². The lowest BCUT2D eigenvalue weighted by Gasteiger charge is -2.08. The minimum Gasteiger partial charge on any atom is -0.273 e. The van der Waals surface area contributed by atoms with Crippen molar-refractivity contribution in [3.05, 3.63) is 51.2 Å². The van der Waals surface area contributed by atoms with Crippen molar-refractivity contribution in [1.29, 1.82) is 0 Å². The summed E-state index contributed by atoms with van der Waals surface area (Å²) in [6.07, 6.45) is 0.742. The first-order chi connectivity index (χ1) is 12.7. The van der Waals surface area contributed by atoms with Gasteiger partial charge in [-0.15, -0.1) is 11.3 Å². The summed E-state index contributed by atoms with van der Waals surface area (Å²) in [5.41, 5.74) is 6.64. The van der Waals surface area contributed by atoms with Crippen LogP contribution >= 0.6 is 11.3 Å². The van der Waals surface area contributed by atoms with Gasteiger partial charge in [0.25, 0.3) is 5.91 Å². The number of hydrogen-bond acceptors (Lipinski definition) is 5. The van der Waals surface area contributed by atoms with E-state index < -0.39 is 21.8 Å². The Morgan fingerprint density at radius 1 is 1.07 bits per heavy atom. The predicted octanol–water partition coefficient (Wildman–Crippen LogP) is 2.06. The standard InChI is InChI=1S/C18H23N3O4S2/c1-4-15-13(3)11-16(26-15)18(23)21-20-17(22)9-10-19-27(24,25)14-7-5-12(2)6-8-14/h5-8,11,19H,4,9-10H2,1-3H3,(H,20,22)(H,21,23). The number of rotatable bonds is 7. The Morgan fingerprint density at radius 2 is 1.74 bits per heavy atom. The minimum absolute atomic E-state index is 0.0734. The van der Waals surface area contributed by atoms with Gasteiger partial charge in [0.05, 0.1) is 9.77 Å². The van der Waals surface area contributed by atoms with Gasteiger partial charge in [-0.05, 0) is 44.0 Å². The first kappa shape index (κ1) is 21.1. The number of amides is 2. The molecule has 1 aromatic heterocycles. The van der Waals surface area contributed by atoms with E-state index in [0.29, 0.717) is 4.88 Å². The fraction of sp³-hybridized carbons (Fsp3) is 0.333. The highest BCUT2D eigenvalue weighted by molar-refractivity contribution is 7.89. The molecule has 0 saturated heterocycles. The van der Waals surface area contributed by atoms with E-state index in [4.69, 9.17) is 0 Å². The molecule has 2 amide bonds. The normalized spacial score (nSPS) is 11.2. The minimum atomic E-state index is -3.67. The number of carbonyl (C=O) groups excluding carboxylic acids is 2. The SMILES string of the molecule is CCc1sc(C(=O)NNC(=O)CCNS(=O)(=O)c2ccc(C)cc2)cc1C. The second kappa shape index (κ2) is 9.12. The molecule has 0 radical (unpaired) electrons. The quantitative estimate of drug-likeness (QED) is 0.609. The van der Waals surface area contributed by atoms with Crippen molar-refractivity contribution in [3.8, 4) is 0 Å². The first-order valence-corrected chi connectivity index (χ1v) is 10.8. The van der Waals surface area contributed by atoms with E-state index in [1.54, 1.807) is 18.2 Å². The molecule has 2 aromatic rings. The number of hydrazine groups is 1. The lowest BCUT2D eigenvalue weighted by atomic mass is 10.2. The maximum Gasteiger partial charge on any atom is 0.279 e. The number of sulfonamides is 1. The van der Waals surface area contributed by atoms with Crippen LogP contribution in [0.2, 0.25) is 0 Å². The van der Waals surface area contributed by atoms with Crippen LogP contribution < -0.4 is 15.6 Å². The lowest BCUT2D eigenvalue weighted by Crippen LogP contribution is -2.42. The van der Waals surface area contributed by atoms with Crippen LogP contribution in [0.3, 0.4) is 0 Å². The summed E-state index contributed by atoms with van der Waals surface area (Å²) in [4.78, 5) is 25.6. The van der Waals surface area contributed by atoms with Gasteiger partial charge in [0.2, 0.25) is 15.9 Å². The van der Waals surface area contributed by atoms with Crippen LogP contribution in [0, 0.1) is 13.8 Å². The zero-order chi connectivity index (χ0) is 20.0. The summed E-state index contributed by atoms with van der Waals surface area (Å²) in [5, 5.41) is 0. The van der Waals surface area contributed by atoms with Crippen molar-refractivity contribution in [1.82, 2.24) is 15.6 Å². The van der Waals surface area contributed by atoms with Crippen LogP contribution in [0.25, 0.3) is 0 Å². The number of aryl methyl sites for hydroxylation is 3. The summed E-state index contributed by atoms with van der Waals surface area (Å²) in [6, 6.07) is 8.19. The van der Waals surface area contributed by atoms with Gasteiger partial charge in [-0.25, -0.2) is 13.1 Å². The Bertz CT molecular complexity index is 919. The molecule has 9 heteroatoms. The number of nitrogens with one attached hydrogen (secondary N) is 3. The van der Waals surface area contributed by atoms with Gasteiger partial charge in [0, 0.05) is 17.8 Å². The zero-order valence-electron chi connectivity index (χ0n) is 15.5. The molecule has 0 saturated carbocycles. The number of thiophene rings is 1. The van der Waals surface area contributed by atoms with Gasteiger partial charge in [-0.3, -0.25) is 20.4 Å². The summed E-state index contributed by atoms with van der Waals surface area (Å²) >= 11 is 1.38. The van der Waals surface area contributed by atoms with Crippen molar-refractivity contribution in [2.45, 2.75) is 38.5 Å². The average Bonchev–Trinajstić information content (AvgIpc) is 3.01. The molecule has 27 heavy (non-hydrogen) atoms. The van der Waals surface area contributed by atoms with Crippen LogP contribution in [0.1, 0.15) is 39.0 Å². The third kappa shape index (κ3) is 5.88. The van der Waals surface area contributed by atoms with Crippen molar-refractivity contribution < 1.29 is 18.0 Å². The largest absolute Gasteiger partial charge is 0.279 e. The fourth-order valence-electron chi connectivity index (χ4n) is 2.33. The van der Waals surface area contributed by atoms with Gasteiger partial charge in [-0.2, -0.15) is 0 Å². The van der Waals surface area contributed by atoms with E-state index in [-0.39, 0.29) is 17.9 Å². The van der Waals surface area contributed by atoms with Gasteiger partial charge < -0.3 is 0 Å². The highest BCUT2D eigenvalue weighted by Gasteiger charge is 2.15. The van der Waals surface area contributed by atoms with Crippen molar-refractivity contribution in [3.63, 3.8) is 0 Å². The molecule has 0 aliphatic rings. The summed E-state index contributed by atoms with van der Waals surface area (Å²) in [5.74, 6) is -0.879. The molecule has 2 rings (SSSR count). The third-order valence-electron chi connectivity index (χ3n) is 3.86. The Kier molecular flexibility index (Phi) is 7.11. The molecule has 0 aliphatic heterocycles.